The maximum atomic E-state index is 15.1. The van der Waals surface area contributed by atoms with Gasteiger partial charge in [-0.25, -0.2) is 4.79 Å². The molecule has 13 nitrogen and oxygen atoms in total. The van der Waals surface area contributed by atoms with Gasteiger partial charge < -0.3 is 39.0 Å². The van der Waals surface area contributed by atoms with Crippen LogP contribution in [0.5, 0.6) is 0 Å². The first-order valence-electron chi connectivity index (χ1n) is 22.0. The molecule has 9 atom stereocenters. The van der Waals surface area contributed by atoms with Gasteiger partial charge in [0.15, 0.2) is 0 Å². The third-order valence-electron chi connectivity index (χ3n) is 15.2. The standard InChI is InChI=1S/C46H70O13/c1-12-38(9,31(48)58-45-17-28-13-41(23-45,22-42(52,14-28)25-45)34(51)55-35(2,3)4)21-39(10,19-36(5,6)30(47)57-40(11)20-37(7,8)56-33(40)50)32(49)59-46-18-29-15-43(53,26-46)24-44(54,16-29)27-46/h28-29,52-54H,12-27H2,1-11H3. The largest absolute Gasteiger partial charge is 0.460 e. The molecule has 13 heteroatoms. The molecule has 8 saturated carbocycles. The van der Waals surface area contributed by atoms with E-state index < -0.39 is 96.3 Å². The fourth-order valence-electron chi connectivity index (χ4n) is 14.2. The first-order chi connectivity index (χ1) is 26.6. The molecule has 8 aliphatic carbocycles. The number of ether oxygens (including phenoxy) is 5. The highest BCUT2D eigenvalue weighted by Crippen LogP contribution is 2.66. The van der Waals surface area contributed by atoms with Crippen molar-refractivity contribution in [2.45, 2.75) is 224 Å². The Hall–Kier alpha value is -2.77. The lowest BCUT2D eigenvalue weighted by atomic mass is 9.46. The highest BCUT2D eigenvalue weighted by atomic mass is 16.6. The van der Waals surface area contributed by atoms with Crippen molar-refractivity contribution in [3.8, 4) is 0 Å². The van der Waals surface area contributed by atoms with Crippen molar-refractivity contribution in [3.05, 3.63) is 0 Å². The summed E-state index contributed by atoms with van der Waals surface area (Å²) in [6.07, 6.45) is 4.47. The predicted molar refractivity (Wildman–Crippen MR) is 212 cm³/mol. The van der Waals surface area contributed by atoms with Gasteiger partial charge in [0.05, 0.1) is 38.5 Å². The quantitative estimate of drug-likeness (QED) is 0.146. The third-order valence-corrected chi connectivity index (χ3v) is 15.2. The minimum absolute atomic E-state index is 0.0298. The summed E-state index contributed by atoms with van der Waals surface area (Å²) in [5.41, 5.74) is -14.2. The van der Waals surface area contributed by atoms with Gasteiger partial charge in [0, 0.05) is 38.5 Å². The summed E-state index contributed by atoms with van der Waals surface area (Å²) >= 11 is 0. The van der Waals surface area contributed by atoms with Crippen LogP contribution < -0.4 is 0 Å². The molecule has 9 aliphatic rings. The zero-order chi connectivity index (χ0) is 43.9. The maximum Gasteiger partial charge on any atom is 0.351 e. The summed E-state index contributed by atoms with van der Waals surface area (Å²) in [5.74, 6) is -3.09. The Balaban J connectivity index is 1.18. The highest BCUT2D eigenvalue weighted by molar-refractivity contribution is 5.88. The van der Waals surface area contributed by atoms with Crippen molar-refractivity contribution in [2.24, 2.45) is 33.5 Å². The average molecular weight is 831 g/mol. The number of cyclic esters (lactones) is 1. The number of hydrogen-bond acceptors (Lipinski definition) is 13. The molecule has 1 saturated heterocycles. The van der Waals surface area contributed by atoms with E-state index in [4.69, 9.17) is 23.7 Å². The van der Waals surface area contributed by atoms with Crippen molar-refractivity contribution >= 4 is 29.8 Å². The number of esters is 5. The van der Waals surface area contributed by atoms with E-state index in [1.165, 1.54) is 6.92 Å². The van der Waals surface area contributed by atoms with E-state index in [9.17, 15) is 34.5 Å². The molecule has 0 aromatic carbocycles. The second kappa shape index (κ2) is 13.1. The third kappa shape index (κ3) is 8.07. The molecule has 0 aromatic heterocycles. The molecular formula is C46H70O13. The number of hydrogen-bond donors (Lipinski definition) is 3. The number of carbonyl (C=O) groups excluding carboxylic acids is 5. The van der Waals surface area contributed by atoms with Crippen molar-refractivity contribution in [1.29, 1.82) is 0 Å². The fourth-order valence-corrected chi connectivity index (χ4v) is 14.2. The summed E-state index contributed by atoms with van der Waals surface area (Å²) in [7, 11) is 0. The number of rotatable bonds is 12. The minimum Gasteiger partial charge on any atom is -0.460 e. The van der Waals surface area contributed by atoms with Gasteiger partial charge in [-0.15, -0.1) is 0 Å². The zero-order valence-corrected chi connectivity index (χ0v) is 37.4. The molecule has 332 valence electrons. The zero-order valence-electron chi connectivity index (χ0n) is 37.4. The molecule has 0 radical (unpaired) electrons. The second-order valence-corrected chi connectivity index (χ2v) is 24.3. The summed E-state index contributed by atoms with van der Waals surface area (Å²) in [6, 6.07) is 0. The van der Waals surface area contributed by atoms with Crippen LogP contribution in [0.2, 0.25) is 0 Å². The molecule has 8 bridgehead atoms. The highest BCUT2D eigenvalue weighted by Gasteiger charge is 2.69. The van der Waals surface area contributed by atoms with Crippen LogP contribution in [-0.2, 0) is 47.7 Å². The Morgan fingerprint density at radius 1 is 0.627 bits per heavy atom. The molecule has 9 unspecified atom stereocenters. The molecule has 0 spiro atoms. The van der Waals surface area contributed by atoms with Crippen molar-refractivity contribution in [1.82, 2.24) is 0 Å². The molecule has 9 rings (SSSR count). The molecule has 0 aromatic rings. The molecule has 0 amide bonds. The first-order valence-corrected chi connectivity index (χ1v) is 22.0. The average Bonchev–Trinajstić information content (AvgIpc) is 3.21. The molecule has 1 aliphatic heterocycles. The second-order valence-electron chi connectivity index (χ2n) is 24.3. The fraction of sp³-hybridized carbons (Fsp3) is 0.891. The van der Waals surface area contributed by atoms with E-state index in [1.54, 1.807) is 41.5 Å². The summed E-state index contributed by atoms with van der Waals surface area (Å²) < 4.78 is 30.5. The minimum atomic E-state index is -1.54. The van der Waals surface area contributed by atoms with E-state index in [0.29, 0.717) is 38.5 Å². The van der Waals surface area contributed by atoms with Crippen LogP contribution >= 0.6 is 0 Å². The monoisotopic (exact) mass is 830 g/mol. The Labute approximate surface area is 349 Å². The SMILES string of the molecule is CCC(C)(CC(C)(CC(C)(C)C(=O)OC1(C)CC(C)(C)OC1=O)C(=O)OC12CC3CC(O)(CC(O)(C3)C1)C2)C(=O)OC12CC3CC(O)(C1)CC(C(=O)OC(C)(C)C)(C3)C2. The van der Waals surface area contributed by atoms with Gasteiger partial charge in [0.2, 0.25) is 5.60 Å². The summed E-state index contributed by atoms with van der Waals surface area (Å²) in [5, 5.41) is 35.0. The van der Waals surface area contributed by atoms with Crippen LogP contribution in [0.1, 0.15) is 179 Å². The van der Waals surface area contributed by atoms with Crippen molar-refractivity contribution in [3.63, 3.8) is 0 Å². The van der Waals surface area contributed by atoms with E-state index in [-0.39, 0.29) is 76.0 Å². The Bertz CT molecular complexity index is 1790. The normalized spacial score (nSPS) is 42.4. The predicted octanol–water partition coefficient (Wildman–Crippen LogP) is 6.32. The van der Waals surface area contributed by atoms with Crippen LogP contribution in [0.4, 0.5) is 0 Å². The van der Waals surface area contributed by atoms with Gasteiger partial charge in [0.25, 0.3) is 0 Å². The van der Waals surface area contributed by atoms with Gasteiger partial charge in [-0.05, 0) is 145 Å². The van der Waals surface area contributed by atoms with E-state index in [2.05, 4.69) is 0 Å². The van der Waals surface area contributed by atoms with Gasteiger partial charge in [-0.1, -0.05) is 6.92 Å². The van der Waals surface area contributed by atoms with E-state index >= 15 is 4.79 Å². The van der Waals surface area contributed by atoms with Crippen LogP contribution in [0.25, 0.3) is 0 Å². The van der Waals surface area contributed by atoms with Crippen molar-refractivity contribution in [2.75, 3.05) is 0 Å². The lowest BCUT2D eigenvalue weighted by molar-refractivity contribution is -0.265. The van der Waals surface area contributed by atoms with E-state index in [0.717, 1.165) is 0 Å². The summed E-state index contributed by atoms with van der Waals surface area (Å²) in [4.78, 5) is 70.9. The summed E-state index contributed by atoms with van der Waals surface area (Å²) in [6.45, 7) is 18.9. The molecular weight excluding hydrogens is 760 g/mol. The molecule has 59 heavy (non-hydrogen) atoms. The van der Waals surface area contributed by atoms with Gasteiger partial charge in [-0.3, -0.25) is 19.2 Å². The van der Waals surface area contributed by atoms with Crippen LogP contribution in [-0.4, -0.2) is 90.0 Å². The lowest BCUT2D eigenvalue weighted by Gasteiger charge is -2.63. The van der Waals surface area contributed by atoms with Gasteiger partial charge in [-0.2, -0.15) is 0 Å². The van der Waals surface area contributed by atoms with Crippen LogP contribution in [0.3, 0.4) is 0 Å². The molecule has 3 N–H and O–H groups in total. The number of carbonyl (C=O) groups is 5. The van der Waals surface area contributed by atoms with Gasteiger partial charge >= 0.3 is 29.8 Å². The Kier molecular flexibility index (Phi) is 9.86. The van der Waals surface area contributed by atoms with Gasteiger partial charge in [0.1, 0.15) is 22.4 Å². The Morgan fingerprint density at radius 2 is 1.12 bits per heavy atom. The first kappa shape index (κ1) is 44.3. The topological polar surface area (TPSA) is 192 Å². The molecule has 1 heterocycles. The van der Waals surface area contributed by atoms with Crippen molar-refractivity contribution < 1.29 is 63.0 Å². The smallest absolute Gasteiger partial charge is 0.351 e. The van der Waals surface area contributed by atoms with Crippen LogP contribution in [0.15, 0.2) is 0 Å². The maximum absolute atomic E-state index is 15.1. The van der Waals surface area contributed by atoms with E-state index in [1.807, 2.05) is 27.7 Å². The lowest BCUT2D eigenvalue weighted by Crippen LogP contribution is -2.67. The Morgan fingerprint density at radius 3 is 1.58 bits per heavy atom. The molecule has 9 fully saturated rings. The van der Waals surface area contributed by atoms with Crippen LogP contribution in [0, 0.1) is 33.5 Å². The number of aliphatic hydroxyl groups is 3.